The van der Waals surface area contributed by atoms with E-state index in [1.54, 1.807) is 18.2 Å². The summed E-state index contributed by atoms with van der Waals surface area (Å²) in [7, 11) is -7.00. The number of hydrogen-bond donors (Lipinski definition) is 1. The molecule has 3 rings (SSSR count). The Balaban J connectivity index is 1.91. The Kier molecular flexibility index (Phi) is 5.05. The number of nitrogens with zero attached hydrogens (tertiary/aromatic N) is 1. The van der Waals surface area contributed by atoms with Gasteiger partial charge in [-0.2, -0.15) is 0 Å². The van der Waals surface area contributed by atoms with Gasteiger partial charge in [0.2, 0.25) is 0 Å². The third-order valence-corrected chi connectivity index (χ3v) is 7.19. The molecule has 26 heavy (non-hydrogen) atoms. The SMILES string of the molecule is CN(NS(=O)(=O)c1ccc(Cl)cc1)S(=O)(=O)c1ccc2ccccc2c1. The summed E-state index contributed by atoms with van der Waals surface area (Å²) in [6.45, 7) is 0. The fourth-order valence-corrected chi connectivity index (χ4v) is 4.95. The van der Waals surface area contributed by atoms with Gasteiger partial charge in [0, 0.05) is 12.1 Å². The number of fused-ring (bicyclic) bond motifs is 1. The fraction of sp³-hybridized carbons (Fsp3) is 0.0588. The van der Waals surface area contributed by atoms with Crippen LogP contribution in [-0.4, -0.2) is 28.3 Å². The van der Waals surface area contributed by atoms with Crippen LogP contribution < -0.4 is 4.83 Å². The van der Waals surface area contributed by atoms with Gasteiger partial charge in [-0.15, -0.1) is 9.25 Å². The highest BCUT2D eigenvalue weighted by atomic mass is 35.5. The number of sulfonamides is 2. The number of rotatable bonds is 5. The second-order valence-corrected chi connectivity index (χ2v) is 9.60. The van der Waals surface area contributed by atoms with Gasteiger partial charge in [-0.1, -0.05) is 41.9 Å². The Labute approximate surface area is 157 Å². The molecule has 0 atom stereocenters. The van der Waals surface area contributed by atoms with E-state index in [1.807, 2.05) is 12.1 Å². The summed E-state index contributed by atoms with van der Waals surface area (Å²) in [5, 5.41) is 2.00. The summed E-state index contributed by atoms with van der Waals surface area (Å²) in [6, 6.07) is 17.3. The molecule has 1 N–H and O–H groups in total. The molecular weight excluding hydrogens is 396 g/mol. The van der Waals surface area contributed by atoms with Crippen LogP contribution in [0.4, 0.5) is 0 Å². The van der Waals surface area contributed by atoms with E-state index in [0.29, 0.717) is 9.44 Å². The molecule has 0 aliphatic heterocycles. The minimum absolute atomic E-state index is 0.0162. The third-order valence-electron chi connectivity index (χ3n) is 3.75. The van der Waals surface area contributed by atoms with Gasteiger partial charge in [0.05, 0.1) is 9.79 Å². The molecule has 0 unspecified atom stereocenters. The van der Waals surface area contributed by atoms with E-state index in [1.165, 1.54) is 36.4 Å². The number of halogens is 1. The van der Waals surface area contributed by atoms with Crippen molar-refractivity contribution in [1.82, 2.24) is 9.25 Å². The van der Waals surface area contributed by atoms with Crippen molar-refractivity contribution in [3.8, 4) is 0 Å². The molecular formula is C17H15ClN2O4S2. The van der Waals surface area contributed by atoms with Gasteiger partial charge in [0.1, 0.15) is 0 Å². The van der Waals surface area contributed by atoms with Crippen LogP contribution in [0.3, 0.4) is 0 Å². The van der Waals surface area contributed by atoms with Crippen LogP contribution in [0.25, 0.3) is 10.8 Å². The standard InChI is InChI=1S/C17H15ClN2O4S2/c1-20(19-25(21,22)16-10-7-15(18)8-11-16)26(23,24)17-9-6-13-4-2-3-5-14(13)12-17/h2-12,19H,1H3. The van der Waals surface area contributed by atoms with Crippen LogP contribution in [0.15, 0.2) is 76.5 Å². The number of benzene rings is 3. The molecule has 0 heterocycles. The zero-order chi connectivity index (χ0) is 18.9. The number of hydrogen-bond acceptors (Lipinski definition) is 4. The van der Waals surface area contributed by atoms with Crippen molar-refractivity contribution in [2.45, 2.75) is 9.79 Å². The van der Waals surface area contributed by atoms with Crippen LogP contribution in [-0.2, 0) is 20.0 Å². The highest BCUT2D eigenvalue weighted by Gasteiger charge is 2.26. The Bertz CT molecular complexity index is 1160. The van der Waals surface area contributed by atoms with E-state index in [0.717, 1.165) is 17.8 Å². The molecule has 0 aliphatic rings. The van der Waals surface area contributed by atoms with Gasteiger partial charge in [-0.05, 0) is 47.2 Å². The molecule has 0 spiro atoms. The van der Waals surface area contributed by atoms with Gasteiger partial charge in [0.25, 0.3) is 20.0 Å². The van der Waals surface area contributed by atoms with Gasteiger partial charge in [-0.3, -0.25) is 0 Å². The average Bonchev–Trinajstić information content (AvgIpc) is 2.61. The van der Waals surface area contributed by atoms with E-state index >= 15 is 0 Å². The first kappa shape index (κ1) is 18.8. The monoisotopic (exact) mass is 410 g/mol. The van der Waals surface area contributed by atoms with Gasteiger partial charge in [-0.25, -0.2) is 16.8 Å². The molecule has 0 aliphatic carbocycles. The van der Waals surface area contributed by atoms with Crippen molar-refractivity contribution in [1.29, 1.82) is 0 Å². The van der Waals surface area contributed by atoms with Crippen molar-refractivity contribution < 1.29 is 16.8 Å². The maximum absolute atomic E-state index is 12.7. The quantitative estimate of drug-likeness (QED) is 0.655. The second kappa shape index (κ2) is 6.98. The molecule has 0 saturated heterocycles. The lowest BCUT2D eigenvalue weighted by Crippen LogP contribution is -2.43. The molecule has 0 radical (unpaired) electrons. The molecule has 136 valence electrons. The first-order valence-corrected chi connectivity index (χ1v) is 10.8. The van der Waals surface area contributed by atoms with E-state index < -0.39 is 20.0 Å². The van der Waals surface area contributed by atoms with E-state index in [4.69, 9.17) is 11.6 Å². The molecule has 0 bridgehead atoms. The molecule has 3 aromatic carbocycles. The molecule has 6 nitrogen and oxygen atoms in total. The summed E-state index contributed by atoms with van der Waals surface area (Å²) < 4.78 is 50.8. The van der Waals surface area contributed by atoms with Gasteiger partial charge in [0.15, 0.2) is 0 Å². The fourth-order valence-electron chi connectivity index (χ4n) is 2.37. The molecule has 9 heteroatoms. The van der Waals surface area contributed by atoms with E-state index in [2.05, 4.69) is 4.83 Å². The van der Waals surface area contributed by atoms with Crippen LogP contribution in [0.2, 0.25) is 5.02 Å². The number of hydrazine groups is 1. The zero-order valence-corrected chi connectivity index (χ0v) is 16.0. The van der Waals surface area contributed by atoms with E-state index in [9.17, 15) is 16.8 Å². The van der Waals surface area contributed by atoms with Gasteiger partial charge < -0.3 is 0 Å². The largest absolute Gasteiger partial charge is 0.256 e. The predicted molar refractivity (Wildman–Crippen MR) is 101 cm³/mol. The highest BCUT2D eigenvalue weighted by molar-refractivity contribution is 7.92. The Hall–Kier alpha value is -1.97. The summed E-state index contributed by atoms with van der Waals surface area (Å²) in [5.41, 5.74) is 0. The molecule has 0 fully saturated rings. The Morgan fingerprint density at radius 3 is 2.04 bits per heavy atom. The van der Waals surface area contributed by atoms with Crippen LogP contribution in [0.5, 0.6) is 0 Å². The molecule has 3 aromatic rings. The van der Waals surface area contributed by atoms with Crippen molar-refractivity contribution >= 4 is 42.4 Å². The van der Waals surface area contributed by atoms with Crippen molar-refractivity contribution in [2.24, 2.45) is 0 Å². The maximum atomic E-state index is 12.7. The van der Waals surface area contributed by atoms with Crippen LogP contribution in [0.1, 0.15) is 0 Å². The van der Waals surface area contributed by atoms with E-state index in [-0.39, 0.29) is 9.79 Å². The molecule has 0 aromatic heterocycles. The van der Waals surface area contributed by atoms with Gasteiger partial charge >= 0.3 is 0 Å². The second-order valence-electron chi connectivity index (χ2n) is 5.53. The average molecular weight is 411 g/mol. The Morgan fingerprint density at radius 2 is 1.38 bits per heavy atom. The predicted octanol–water partition coefficient (Wildman–Crippen LogP) is 3.01. The van der Waals surface area contributed by atoms with Crippen molar-refractivity contribution in [2.75, 3.05) is 7.05 Å². The lowest BCUT2D eigenvalue weighted by Gasteiger charge is -2.18. The molecule has 0 saturated carbocycles. The van der Waals surface area contributed by atoms with Crippen molar-refractivity contribution in [3.05, 3.63) is 71.8 Å². The summed E-state index contributed by atoms with van der Waals surface area (Å²) >= 11 is 5.75. The summed E-state index contributed by atoms with van der Waals surface area (Å²) in [5.74, 6) is 0. The summed E-state index contributed by atoms with van der Waals surface area (Å²) in [4.78, 5) is 1.94. The maximum Gasteiger partial charge on any atom is 0.256 e. The first-order valence-electron chi connectivity index (χ1n) is 7.46. The molecule has 0 amide bonds. The summed E-state index contributed by atoms with van der Waals surface area (Å²) in [6.07, 6.45) is 0. The third kappa shape index (κ3) is 3.74. The zero-order valence-electron chi connectivity index (χ0n) is 13.6. The van der Waals surface area contributed by atoms with Crippen molar-refractivity contribution in [3.63, 3.8) is 0 Å². The first-order chi connectivity index (χ1) is 12.2. The smallest absolute Gasteiger partial charge is 0.206 e. The topological polar surface area (TPSA) is 83.6 Å². The minimum atomic E-state index is -4.07. The number of nitrogens with one attached hydrogen (secondary N) is 1. The minimum Gasteiger partial charge on any atom is -0.206 e. The lowest BCUT2D eigenvalue weighted by molar-refractivity contribution is 0.432. The highest BCUT2D eigenvalue weighted by Crippen LogP contribution is 2.21. The Morgan fingerprint density at radius 1 is 0.808 bits per heavy atom. The lowest BCUT2D eigenvalue weighted by atomic mass is 10.1. The van der Waals surface area contributed by atoms with Crippen LogP contribution >= 0.6 is 11.6 Å². The normalized spacial score (nSPS) is 12.6. The van der Waals surface area contributed by atoms with Crippen LogP contribution in [0, 0.1) is 0 Å².